The van der Waals surface area contributed by atoms with Crippen LogP contribution in [0.5, 0.6) is 17.4 Å². The Labute approximate surface area is 139 Å². The van der Waals surface area contributed by atoms with Crippen LogP contribution in [0.1, 0.15) is 23.8 Å². The molecule has 1 atom stereocenters. The molecule has 4 nitrogen and oxygen atoms in total. The second-order valence-corrected chi connectivity index (χ2v) is 7.08. The summed E-state index contributed by atoms with van der Waals surface area (Å²) in [5.41, 5.74) is 1.38. The number of fused-ring (bicyclic) bond motifs is 3. The van der Waals surface area contributed by atoms with E-state index in [0.717, 1.165) is 40.5 Å². The molecule has 0 fully saturated rings. The SMILES string of the molecule is COc1cccc(Oc2ncnc3sc4c(c23)CC[C@H](C)C4)c1. The maximum atomic E-state index is 6.06. The van der Waals surface area contributed by atoms with E-state index in [1.54, 1.807) is 24.8 Å². The van der Waals surface area contributed by atoms with Gasteiger partial charge in [0.05, 0.1) is 12.5 Å². The van der Waals surface area contributed by atoms with Gasteiger partial charge in [-0.1, -0.05) is 13.0 Å². The molecule has 118 valence electrons. The third-order valence-electron chi connectivity index (χ3n) is 4.31. The first-order valence-electron chi connectivity index (χ1n) is 7.81. The third-order valence-corrected chi connectivity index (χ3v) is 5.48. The normalized spacial score (nSPS) is 17.0. The molecular formula is C18H18N2O2S. The van der Waals surface area contributed by atoms with Crippen LogP contribution >= 0.6 is 11.3 Å². The van der Waals surface area contributed by atoms with Gasteiger partial charge in [0.25, 0.3) is 0 Å². The lowest BCUT2D eigenvalue weighted by atomic mass is 9.89. The molecule has 0 N–H and O–H groups in total. The van der Waals surface area contributed by atoms with Crippen molar-refractivity contribution >= 4 is 21.6 Å². The third kappa shape index (κ3) is 2.65. The highest BCUT2D eigenvalue weighted by atomic mass is 32.1. The summed E-state index contributed by atoms with van der Waals surface area (Å²) in [7, 11) is 1.65. The van der Waals surface area contributed by atoms with Gasteiger partial charge in [0.1, 0.15) is 22.7 Å². The number of aryl methyl sites for hydroxylation is 1. The van der Waals surface area contributed by atoms with E-state index in [0.29, 0.717) is 5.88 Å². The molecule has 0 radical (unpaired) electrons. The Morgan fingerprint density at radius 1 is 1.22 bits per heavy atom. The predicted octanol–water partition coefficient (Wildman–Crippen LogP) is 4.62. The van der Waals surface area contributed by atoms with E-state index in [2.05, 4.69) is 16.9 Å². The van der Waals surface area contributed by atoms with E-state index in [1.807, 2.05) is 24.3 Å². The zero-order chi connectivity index (χ0) is 15.8. The van der Waals surface area contributed by atoms with Crippen molar-refractivity contribution in [1.29, 1.82) is 0 Å². The minimum atomic E-state index is 0.648. The van der Waals surface area contributed by atoms with Crippen LogP contribution in [-0.4, -0.2) is 17.1 Å². The second kappa shape index (κ2) is 5.81. The topological polar surface area (TPSA) is 44.2 Å². The van der Waals surface area contributed by atoms with Crippen molar-refractivity contribution in [2.45, 2.75) is 26.2 Å². The summed E-state index contributed by atoms with van der Waals surface area (Å²) in [5, 5.41) is 1.09. The molecule has 1 aliphatic rings. The highest BCUT2D eigenvalue weighted by molar-refractivity contribution is 7.18. The summed E-state index contributed by atoms with van der Waals surface area (Å²) < 4.78 is 11.3. The number of rotatable bonds is 3. The quantitative estimate of drug-likeness (QED) is 0.704. The molecule has 4 rings (SSSR count). The van der Waals surface area contributed by atoms with E-state index in [9.17, 15) is 0 Å². The molecule has 0 bridgehead atoms. The van der Waals surface area contributed by atoms with E-state index in [-0.39, 0.29) is 0 Å². The van der Waals surface area contributed by atoms with Crippen LogP contribution in [0.4, 0.5) is 0 Å². The average Bonchev–Trinajstić information content (AvgIpc) is 2.93. The molecule has 3 aromatic rings. The lowest BCUT2D eigenvalue weighted by Gasteiger charge is -2.18. The molecule has 0 amide bonds. The Morgan fingerprint density at radius 2 is 2.09 bits per heavy atom. The number of hydrogen-bond donors (Lipinski definition) is 0. The van der Waals surface area contributed by atoms with Crippen molar-refractivity contribution in [3.8, 4) is 17.4 Å². The summed E-state index contributed by atoms with van der Waals surface area (Å²) in [6.45, 7) is 2.31. The molecule has 0 saturated carbocycles. The van der Waals surface area contributed by atoms with Crippen molar-refractivity contribution in [3.05, 3.63) is 41.0 Å². The number of ether oxygens (including phenoxy) is 2. The summed E-state index contributed by atoms with van der Waals surface area (Å²) in [6.07, 6.45) is 5.02. The van der Waals surface area contributed by atoms with Gasteiger partial charge in [-0.3, -0.25) is 0 Å². The molecule has 0 spiro atoms. The number of methoxy groups -OCH3 is 1. The monoisotopic (exact) mass is 326 g/mol. The maximum absolute atomic E-state index is 6.06. The smallest absolute Gasteiger partial charge is 0.231 e. The largest absolute Gasteiger partial charge is 0.497 e. The van der Waals surface area contributed by atoms with Gasteiger partial charge in [-0.25, -0.2) is 9.97 Å². The lowest BCUT2D eigenvalue weighted by Crippen LogP contribution is -2.08. The van der Waals surface area contributed by atoms with Gasteiger partial charge in [-0.05, 0) is 42.9 Å². The van der Waals surface area contributed by atoms with Crippen LogP contribution in [0.15, 0.2) is 30.6 Å². The van der Waals surface area contributed by atoms with Gasteiger partial charge < -0.3 is 9.47 Å². The van der Waals surface area contributed by atoms with Crippen LogP contribution in [0, 0.1) is 5.92 Å². The second-order valence-electron chi connectivity index (χ2n) is 5.99. The zero-order valence-electron chi connectivity index (χ0n) is 13.2. The van der Waals surface area contributed by atoms with Crippen molar-refractivity contribution in [2.75, 3.05) is 7.11 Å². The molecular weight excluding hydrogens is 308 g/mol. The van der Waals surface area contributed by atoms with Crippen molar-refractivity contribution < 1.29 is 9.47 Å². The number of thiophene rings is 1. The summed E-state index contributed by atoms with van der Waals surface area (Å²) >= 11 is 1.78. The van der Waals surface area contributed by atoms with E-state index in [4.69, 9.17) is 9.47 Å². The fourth-order valence-corrected chi connectivity index (χ4v) is 4.44. The van der Waals surface area contributed by atoms with Crippen LogP contribution < -0.4 is 9.47 Å². The Hall–Kier alpha value is -2.14. The van der Waals surface area contributed by atoms with Gasteiger partial charge in [-0.15, -0.1) is 11.3 Å². The van der Waals surface area contributed by atoms with Crippen LogP contribution in [0.25, 0.3) is 10.2 Å². The Bertz CT molecular complexity index is 859. The number of aromatic nitrogens is 2. The molecule has 0 unspecified atom stereocenters. The highest BCUT2D eigenvalue weighted by Gasteiger charge is 2.23. The highest BCUT2D eigenvalue weighted by Crippen LogP contribution is 2.41. The van der Waals surface area contributed by atoms with Crippen LogP contribution in [-0.2, 0) is 12.8 Å². The van der Waals surface area contributed by atoms with Crippen molar-refractivity contribution in [3.63, 3.8) is 0 Å². The molecule has 1 aromatic carbocycles. The van der Waals surface area contributed by atoms with Gasteiger partial charge in [0, 0.05) is 10.9 Å². The van der Waals surface area contributed by atoms with Crippen LogP contribution in [0.3, 0.4) is 0 Å². The number of benzene rings is 1. The van der Waals surface area contributed by atoms with Crippen molar-refractivity contribution in [1.82, 2.24) is 9.97 Å². The minimum Gasteiger partial charge on any atom is -0.497 e. The molecule has 2 aromatic heterocycles. The fourth-order valence-electron chi connectivity index (χ4n) is 3.10. The molecule has 0 saturated heterocycles. The summed E-state index contributed by atoms with van der Waals surface area (Å²) in [5.74, 6) is 2.89. The molecule has 23 heavy (non-hydrogen) atoms. The maximum Gasteiger partial charge on any atom is 0.231 e. The Kier molecular flexibility index (Phi) is 3.65. The first kappa shape index (κ1) is 14.5. The fraction of sp³-hybridized carbons (Fsp3) is 0.333. The summed E-state index contributed by atoms with van der Waals surface area (Å²) in [6, 6.07) is 7.60. The Morgan fingerprint density at radius 3 is 2.96 bits per heavy atom. The van der Waals surface area contributed by atoms with Gasteiger partial charge >= 0.3 is 0 Å². The first-order valence-corrected chi connectivity index (χ1v) is 8.63. The van der Waals surface area contributed by atoms with Gasteiger partial charge in [0.15, 0.2) is 0 Å². The number of nitrogens with zero attached hydrogens (tertiary/aromatic N) is 2. The molecule has 5 heteroatoms. The van der Waals surface area contributed by atoms with E-state index < -0.39 is 0 Å². The van der Waals surface area contributed by atoms with Crippen molar-refractivity contribution in [2.24, 2.45) is 5.92 Å². The van der Waals surface area contributed by atoms with Crippen LogP contribution in [0.2, 0.25) is 0 Å². The molecule has 1 aliphatic carbocycles. The zero-order valence-corrected chi connectivity index (χ0v) is 14.0. The van der Waals surface area contributed by atoms with E-state index >= 15 is 0 Å². The molecule has 0 aliphatic heterocycles. The summed E-state index contributed by atoms with van der Waals surface area (Å²) in [4.78, 5) is 11.3. The first-order chi connectivity index (χ1) is 11.2. The van der Waals surface area contributed by atoms with Gasteiger partial charge in [-0.2, -0.15) is 0 Å². The lowest BCUT2D eigenvalue weighted by molar-refractivity contribution is 0.408. The van der Waals surface area contributed by atoms with Gasteiger partial charge in [0.2, 0.25) is 5.88 Å². The standard InChI is InChI=1S/C18H18N2O2S/c1-11-6-7-14-15(8-11)23-18-16(14)17(19-10-20-18)22-13-5-3-4-12(9-13)21-2/h3-5,9-11H,6-8H2,1-2H3/t11-/m0/s1. The Balaban J connectivity index is 1.78. The predicted molar refractivity (Wildman–Crippen MR) is 91.7 cm³/mol. The molecule has 2 heterocycles. The average molecular weight is 326 g/mol. The minimum absolute atomic E-state index is 0.648. The number of hydrogen-bond acceptors (Lipinski definition) is 5. The van der Waals surface area contributed by atoms with E-state index in [1.165, 1.54) is 16.9 Å².